The predicted octanol–water partition coefficient (Wildman–Crippen LogP) is 2.79. The summed E-state index contributed by atoms with van der Waals surface area (Å²) in [4.78, 5) is 36.6. The lowest BCUT2D eigenvalue weighted by molar-refractivity contribution is -0.140. The van der Waals surface area contributed by atoms with Gasteiger partial charge < -0.3 is 9.52 Å². The number of furan rings is 1. The van der Waals surface area contributed by atoms with Crippen LogP contribution in [0.15, 0.2) is 58.1 Å². The maximum Gasteiger partial charge on any atom is 0.336 e. The van der Waals surface area contributed by atoms with Gasteiger partial charge in [0.15, 0.2) is 0 Å². The SMILES string of the molecule is O=C(O)c1ccccc1-c1ccc(C=NN2C(=O)[C@@H]3[C@H](C2=O)[C@H]2C=C[C@H]3C2)o1. The molecule has 0 unspecified atom stereocenters. The van der Waals surface area contributed by atoms with Gasteiger partial charge in [0.25, 0.3) is 11.8 Å². The molecule has 140 valence electrons. The molecule has 1 aromatic heterocycles. The summed E-state index contributed by atoms with van der Waals surface area (Å²) in [5.41, 5.74) is 0.571. The summed E-state index contributed by atoms with van der Waals surface area (Å²) < 4.78 is 5.67. The van der Waals surface area contributed by atoms with E-state index in [9.17, 15) is 19.5 Å². The number of hydrogen-bond donors (Lipinski definition) is 1. The van der Waals surface area contributed by atoms with Crippen LogP contribution in [0, 0.1) is 23.7 Å². The van der Waals surface area contributed by atoms with E-state index in [2.05, 4.69) is 5.10 Å². The van der Waals surface area contributed by atoms with Crippen molar-refractivity contribution in [2.24, 2.45) is 28.8 Å². The van der Waals surface area contributed by atoms with Gasteiger partial charge in [-0.2, -0.15) is 10.1 Å². The van der Waals surface area contributed by atoms with Crippen molar-refractivity contribution in [2.45, 2.75) is 6.42 Å². The number of carbonyl (C=O) groups is 3. The first-order valence-corrected chi connectivity index (χ1v) is 9.07. The number of rotatable bonds is 4. The molecule has 1 aromatic carbocycles. The van der Waals surface area contributed by atoms with Gasteiger partial charge in [0.2, 0.25) is 0 Å². The van der Waals surface area contributed by atoms with Crippen LogP contribution in [-0.4, -0.2) is 34.1 Å². The quantitative estimate of drug-likeness (QED) is 0.502. The molecule has 4 atom stereocenters. The van der Waals surface area contributed by atoms with E-state index < -0.39 is 5.97 Å². The summed E-state index contributed by atoms with van der Waals surface area (Å²) in [6.07, 6.45) is 6.25. The van der Waals surface area contributed by atoms with E-state index in [1.165, 1.54) is 12.3 Å². The average molecular weight is 376 g/mol. The van der Waals surface area contributed by atoms with Gasteiger partial charge >= 0.3 is 5.97 Å². The minimum atomic E-state index is -1.05. The Balaban J connectivity index is 1.39. The maximum absolute atomic E-state index is 12.6. The molecule has 28 heavy (non-hydrogen) atoms. The normalized spacial score (nSPS) is 27.9. The van der Waals surface area contributed by atoms with Crippen molar-refractivity contribution in [3.63, 3.8) is 0 Å². The van der Waals surface area contributed by atoms with Crippen LogP contribution < -0.4 is 0 Å². The number of fused-ring (bicyclic) bond motifs is 5. The van der Waals surface area contributed by atoms with Gasteiger partial charge in [0.05, 0.1) is 23.6 Å². The van der Waals surface area contributed by atoms with Crippen molar-refractivity contribution in [3.8, 4) is 11.3 Å². The summed E-state index contributed by atoms with van der Waals surface area (Å²) >= 11 is 0. The summed E-state index contributed by atoms with van der Waals surface area (Å²) in [6, 6.07) is 9.77. The van der Waals surface area contributed by atoms with E-state index in [4.69, 9.17) is 4.42 Å². The Morgan fingerprint density at radius 1 is 1.07 bits per heavy atom. The Morgan fingerprint density at radius 3 is 2.43 bits per heavy atom. The molecule has 1 saturated carbocycles. The van der Waals surface area contributed by atoms with Gasteiger partial charge in [0, 0.05) is 5.56 Å². The van der Waals surface area contributed by atoms with Crippen LogP contribution >= 0.6 is 0 Å². The molecule has 2 aliphatic carbocycles. The largest absolute Gasteiger partial charge is 0.478 e. The van der Waals surface area contributed by atoms with E-state index in [0.29, 0.717) is 17.1 Å². The van der Waals surface area contributed by atoms with E-state index in [1.807, 2.05) is 12.2 Å². The monoisotopic (exact) mass is 376 g/mol. The number of hydrogen-bond acceptors (Lipinski definition) is 5. The summed E-state index contributed by atoms with van der Waals surface area (Å²) in [7, 11) is 0. The molecule has 1 N–H and O–H groups in total. The molecular formula is C21H16N2O5. The maximum atomic E-state index is 12.6. The van der Waals surface area contributed by atoms with Crippen LogP contribution in [0.25, 0.3) is 11.3 Å². The lowest BCUT2D eigenvalue weighted by atomic mass is 9.85. The van der Waals surface area contributed by atoms with Gasteiger partial charge in [-0.1, -0.05) is 30.4 Å². The molecule has 2 fully saturated rings. The van der Waals surface area contributed by atoms with E-state index in [0.717, 1.165) is 11.4 Å². The third kappa shape index (κ3) is 2.36. The van der Waals surface area contributed by atoms with Crippen LogP contribution in [0.5, 0.6) is 0 Å². The third-order valence-electron chi connectivity index (χ3n) is 5.80. The highest BCUT2D eigenvalue weighted by Crippen LogP contribution is 2.52. The van der Waals surface area contributed by atoms with Gasteiger partial charge in [-0.3, -0.25) is 9.59 Å². The second-order valence-electron chi connectivity index (χ2n) is 7.29. The fourth-order valence-corrected chi connectivity index (χ4v) is 4.57. The third-order valence-corrected chi connectivity index (χ3v) is 5.80. The topological polar surface area (TPSA) is 100 Å². The zero-order chi connectivity index (χ0) is 19.4. The fraction of sp³-hybridized carbons (Fsp3) is 0.238. The molecule has 2 bridgehead atoms. The Hall–Kier alpha value is -3.48. The number of aromatic carboxylic acids is 1. The first-order chi connectivity index (χ1) is 13.5. The number of imide groups is 1. The summed E-state index contributed by atoms with van der Waals surface area (Å²) in [5, 5.41) is 14.3. The molecular weight excluding hydrogens is 360 g/mol. The van der Waals surface area contributed by atoms with Crippen LogP contribution in [0.1, 0.15) is 22.5 Å². The number of amides is 2. The van der Waals surface area contributed by atoms with E-state index in [1.54, 1.807) is 30.3 Å². The highest BCUT2D eigenvalue weighted by atomic mass is 16.4. The number of allylic oxidation sites excluding steroid dienone is 2. The molecule has 2 heterocycles. The highest BCUT2D eigenvalue weighted by molar-refractivity contribution is 6.06. The molecule has 0 spiro atoms. The first-order valence-electron chi connectivity index (χ1n) is 9.07. The van der Waals surface area contributed by atoms with Crippen molar-refractivity contribution in [3.05, 3.63) is 59.9 Å². The molecule has 7 nitrogen and oxygen atoms in total. The minimum Gasteiger partial charge on any atom is -0.478 e. The first kappa shape index (κ1) is 16.7. The van der Waals surface area contributed by atoms with Crippen LogP contribution in [0.3, 0.4) is 0 Å². The smallest absolute Gasteiger partial charge is 0.336 e. The van der Waals surface area contributed by atoms with Crippen LogP contribution in [-0.2, 0) is 9.59 Å². The van der Waals surface area contributed by atoms with E-state index in [-0.39, 0.29) is 41.0 Å². The Morgan fingerprint density at radius 2 is 1.75 bits per heavy atom. The number of benzene rings is 1. The fourth-order valence-electron chi connectivity index (χ4n) is 4.57. The molecule has 2 aromatic rings. The minimum absolute atomic E-state index is 0.126. The lowest BCUT2D eigenvalue weighted by Gasteiger charge is -2.13. The van der Waals surface area contributed by atoms with Crippen molar-refractivity contribution >= 4 is 24.0 Å². The Labute approximate surface area is 159 Å². The standard InChI is InChI=1S/C21H16N2O5/c24-19-17-11-5-6-12(9-11)18(17)20(25)23(19)22-10-13-7-8-16(28-13)14-3-1-2-4-15(14)21(26)27/h1-8,10-12,17-18H,9H2,(H,26,27)/t11-,12-,17-,18+/m0/s1. The number of carboxylic acids is 1. The second-order valence-corrected chi connectivity index (χ2v) is 7.29. The lowest BCUT2D eigenvalue weighted by Crippen LogP contribution is -2.28. The number of carboxylic acid groups (broad SMARTS) is 1. The average Bonchev–Trinajstić information content (AvgIpc) is 3.46. The molecule has 3 aliphatic rings. The number of carbonyl (C=O) groups excluding carboxylic acids is 2. The molecule has 2 amide bonds. The Kier molecular flexibility index (Phi) is 3.58. The van der Waals surface area contributed by atoms with Gasteiger partial charge in [-0.25, -0.2) is 4.79 Å². The van der Waals surface area contributed by atoms with Gasteiger partial charge in [0.1, 0.15) is 11.5 Å². The van der Waals surface area contributed by atoms with Crippen LogP contribution in [0.2, 0.25) is 0 Å². The molecule has 7 heteroatoms. The van der Waals surface area contributed by atoms with Crippen molar-refractivity contribution in [1.82, 2.24) is 5.01 Å². The van der Waals surface area contributed by atoms with E-state index >= 15 is 0 Å². The van der Waals surface area contributed by atoms with Gasteiger partial charge in [-0.05, 0) is 36.5 Å². The molecule has 5 rings (SSSR count). The van der Waals surface area contributed by atoms with Crippen LogP contribution in [0.4, 0.5) is 0 Å². The Bertz CT molecular complexity index is 1040. The summed E-state index contributed by atoms with van der Waals surface area (Å²) in [6.45, 7) is 0. The molecule has 0 radical (unpaired) electrons. The zero-order valence-electron chi connectivity index (χ0n) is 14.7. The number of hydrazone groups is 1. The predicted molar refractivity (Wildman–Crippen MR) is 98.3 cm³/mol. The number of nitrogens with zero attached hydrogens (tertiary/aromatic N) is 2. The zero-order valence-corrected chi connectivity index (χ0v) is 14.7. The molecule has 1 saturated heterocycles. The second kappa shape index (κ2) is 6.02. The van der Waals surface area contributed by atoms with Crippen molar-refractivity contribution < 1.29 is 23.9 Å². The summed E-state index contributed by atoms with van der Waals surface area (Å²) in [5.74, 6) is -1.19. The van der Waals surface area contributed by atoms with Crippen molar-refractivity contribution in [1.29, 1.82) is 0 Å². The molecule has 1 aliphatic heterocycles. The van der Waals surface area contributed by atoms with Gasteiger partial charge in [-0.15, -0.1) is 0 Å². The highest BCUT2D eigenvalue weighted by Gasteiger charge is 2.59. The van der Waals surface area contributed by atoms with Crippen molar-refractivity contribution in [2.75, 3.05) is 0 Å².